The fraction of sp³-hybridized carbons (Fsp3) is 0.412. The summed E-state index contributed by atoms with van der Waals surface area (Å²) >= 11 is 1.23. The normalized spacial score (nSPS) is 16.7. The highest BCUT2D eigenvalue weighted by molar-refractivity contribution is 7.91. The van der Waals surface area contributed by atoms with Crippen LogP contribution in [0.1, 0.15) is 18.4 Å². The minimum absolute atomic E-state index is 0.0741. The lowest BCUT2D eigenvalue weighted by molar-refractivity contribution is -0.135. The first-order valence-electron chi connectivity index (χ1n) is 8.16. The monoisotopic (exact) mass is 379 g/mol. The van der Waals surface area contributed by atoms with Crippen LogP contribution in [0.15, 0.2) is 46.2 Å². The summed E-state index contributed by atoms with van der Waals surface area (Å²) in [4.78, 5) is 18.3. The van der Waals surface area contributed by atoms with Crippen LogP contribution < -0.4 is 0 Å². The third kappa shape index (κ3) is 4.08. The molecule has 134 valence electrons. The molecule has 0 spiro atoms. The molecular weight excluding hydrogens is 358 g/mol. The zero-order valence-electron chi connectivity index (χ0n) is 14.0. The molecule has 0 saturated carbocycles. The summed E-state index contributed by atoms with van der Waals surface area (Å²) in [7, 11) is -1.63. The van der Waals surface area contributed by atoms with E-state index in [1.165, 1.54) is 15.6 Å². The van der Waals surface area contributed by atoms with Gasteiger partial charge >= 0.3 is 0 Å². The van der Waals surface area contributed by atoms with Gasteiger partial charge < -0.3 is 4.90 Å². The largest absolute Gasteiger partial charge is 0.341 e. The summed E-state index contributed by atoms with van der Waals surface area (Å²) in [6.07, 6.45) is 4.54. The smallest absolute Gasteiger partial charge is 0.252 e. The van der Waals surface area contributed by atoms with Gasteiger partial charge in [-0.15, -0.1) is 11.3 Å². The van der Waals surface area contributed by atoms with Crippen molar-refractivity contribution in [1.82, 2.24) is 14.2 Å². The van der Waals surface area contributed by atoms with Gasteiger partial charge in [0.1, 0.15) is 4.21 Å². The molecule has 25 heavy (non-hydrogen) atoms. The second-order valence-corrected chi connectivity index (χ2v) is 9.27. The molecule has 3 heterocycles. The van der Waals surface area contributed by atoms with Gasteiger partial charge in [0.15, 0.2) is 0 Å². The number of pyridine rings is 1. The summed E-state index contributed by atoms with van der Waals surface area (Å²) < 4.78 is 26.9. The van der Waals surface area contributed by atoms with Gasteiger partial charge in [-0.3, -0.25) is 9.78 Å². The Hall–Kier alpha value is -1.77. The summed E-state index contributed by atoms with van der Waals surface area (Å²) in [6.45, 7) is 1.31. The van der Waals surface area contributed by atoms with Crippen molar-refractivity contribution < 1.29 is 13.2 Å². The summed E-state index contributed by atoms with van der Waals surface area (Å²) in [6, 6.07) is 7.14. The molecule has 0 N–H and O–H groups in total. The van der Waals surface area contributed by atoms with E-state index in [0.717, 1.165) is 5.56 Å². The molecule has 6 nitrogen and oxygen atoms in total. The van der Waals surface area contributed by atoms with Crippen LogP contribution in [0.2, 0.25) is 0 Å². The molecule has 2 aromatic rings. The first-order chi connectivity index (χ1) is 12.0. The second kappa shape index (κ2) is 7.63. The predicted octanol–water partition coefficient (Wildman–Crippen LogP) is 2.20. The standard InChI is InChI=1S/C17H21N3O3S2/c1-19(13-14-4-8-18-9-5-14)17(21)15-6-10-20(11-7-15)25(22,23)16-3-2-12-24-16/h2-5,8-9,12,15H,6-7,10-11,13H2,1H3. The van der Waals surface area contributed by atoms with E-state index in [1.54, 1.807) is 41.9 Å². The molecular formula is C17H21N3O3S2. The average Bonchev–Trinajstić information content (AvgIpc) is 3.17. The quantitative estimate of drug-likeness (QED) is 0.799. The molecule has 8 heteroatoms. The SMILES string of the molecule is CN(Cc1ccncc1)C(=O)C1CCN(S(=O)(=O)c2cccs2)CC1. The van der Waals surface area contributed by atoms with E-state index in [1.807, 2.05) is 12.1 Å². The lowest BCUT2D eigenvalue weighted by Crippen LogP contribution is -2.43. The minimum atomic E-state index is -3.42. The van der Waals surface area contributed by atoms with Crippen LogP contribution in [0.3, 0.4) is 0 Å². The maximum Gasteiger partial charge on any atom is 0.252 e. The number of hydrogen-bond acceptors (Lipinski definition) is 5. The van der Waals surface area contributed by atoms with E-state index in [2.05, 4.69) is 4.98 Å². The number of rotatable bonds is 5. The molecule has 1 amide bonds. The highest BCUT2D eigenvalue weighted by Crippen LogP contribution is 2.27. The number of amides is 1. The Labute approximate surface area is 152 Å². The fourth-order valence-electron chi connectivity index (χ4n) is 3.03. The minimum Gasteiger partial charge on any atom is -0.341 e. The Bertz CT molecular complexity index is 799. The van der Waals surface area contributed by atoms with Crippen molar-refractivity contribution in [3.8, 4) is 0 Å². The Morgan fingerprint density at radius 1 is 1.28 bits per heavy atom. The summed E-state index contributed by atoms with van der Waals surface area (Å²) in [5.74, 6) is -0.0494. The van der Waals surface area contributed by atoms with Crippen molar-refractivity contribution >= 4 is 27.3 Å². The molecule has 0 aliphatic carbocycles. The van der Waals surface area contributed by atoms with Gasteiger partial charge in [-0.1, -0.05) is 6.07 Å². The van der Waals surface area contributed by atoms with Gasteiger partial charge in [-0.05, 0) is 42.0 Å². The third-order valence-corrected chi connectivity index (χ3v) is 7.71. The van der Waals surface area contributed by atoms with Crippen molar-refractivity contribution in [1.29, 1.82) is 0 Å². The molecule has 1 aliphatic rings. The Kier molecular flexibility index (Phi) is 5.51. The lowest BCUT2D eigenvalue weighted by atomic mass is 9.96. The van der Waals surface area contributed by atoms with Crippen LogP contribution in [0.25, 0.3) is 0 Å². The molecule has 1 aliphatic heterocycles. The molecule has 0 aromatic carbocycles. The van der Waals surface area contributed by atoms with E-state index < -0.39 is 10.0 Å². The highest BCUT2D eigenvalue weighted by Gasteiger charge is 2.33. The highest BCUT2D eigenvalue weighted by atomic mass is 32.2. The maximum absolute atomic E-state index is 12.6. The van der Waals surface area contributed by atoms with E-state index >= 15 is 0 Å². The number of carbonyl (C=O) groups is 1. The Morgan fingerprint density at radius 2 is 1.96 bits per heavy atom. The maximum atomic E-state index is 12.6. The Balaban J connectivity index is 1.57. The second-order valence-electron chi connectivity index (χ2n) is 6.16. The van der Waals surface area contributed by atoms with Crippen LogP contribution in [-0.2, 0) is 21.4 Å². The van der Waals surface area contributed by atoms with Crippen LogP contribution in [-0.4, -0.2) is 48.7 Å². The van der Waals surface area contributed by atoms with Gasteiger partial charge in [0, 0.05) is 45.0 Å². The van der Waals surface area contributed by atoms with Crippen molar-refractivity contribution in [2.24, 2.45) is 5.92 Å². The van der Waals surface area contributed by atoms with Gasteiger partial charge in [-0.25, -0.2) is 8.42 Å². The fourth-order valence-corrected chi connectivity index (χ4v) is 5.65. The molecule has 2 aromatic heterocycles. The number of sulfonamides is 1. The van der Waals surface area contributed by atoms with Crippen LogP contribution >= 0.6 is 11.3 Å². The molecule has 0 bridgehead atoms. The molecule has 0 radical (unpaired) electrons. The van der Waals surface area contributed by atoms with E-state index in [9.17, 15) is 13.2 Å². The van der Waals surface area contributed by atoms with E-state index in [4.69, 9.17) is 0 Å². The van der Waals surface area contributed by atoms with E-state index in [-0.39, 0.29) is 11.8 Å². The zero-order chi connectivity index (χ0) is 17.9. The summed E-state index contributed by atoms with van der Waals surface area (Å²) in [5, 5.41) is 1.76. The molecule has 0 atom stereocenters. The van der Waals surface area contributed by atoms with Crippen LogP contribution in [0.4, 0.5) is 0 Å². The first kappa shape index (κ1) is 18.0. The van der Waals surface area contributed by atoms with Crippen molar-refractivity contribution in [2.75, 3.05) is 20.1 Å². The molecule has 1 fully saturated rings. The average molecular weight is 380 g/mol. The van der Waals surface area contributed by atoms with Gasteiger partial charge in [0.05, 0.1) is 0 Å². The molecule has 1 saturated heterocycles. The van der Waals surface area contributed by atoms with Gasteiger partial charge in [-0.2, -0.15) is 4.31 Å². The Morgan fingerprint density at radius 3 is 2.56 bits per heavy atom. The third-order valence-electron chi connectivity index (χ3n) is 4.44. The number of aromatic nitrogens is 1. The number of nitrogens with zero attached hydrogens (tertiary/aromatic N) is 3. The van der Waals surface area contributed by atoms with Gasteiger partial charge in [0.25, 0.3) is 10.0 Å². The predicted molar refractivity (Wildman–Crippen MR) is 96.5 cm³/mol. The number of piperidine rings is 1. The van der Waals surface area contributed by atoms with Crippen molar-refractivity contribution in [3.05, 3.63) is 47.6 Å². The number of hydrogen-bond donors (Lipinski definition) is 0. The lowest BCUT2D eigenvalue weighted by Gasteiger charge is -2.32. The zero-order valence-corrected chi connectivity index (χ0v) is 15.7. The number of carbonyl (C=O) groups excluding carboxylic acids is 1. The van der Waals surface area contributed by atoms with Crippen molar-refractivity contribution in [3.63, 3.8) is 0 Å². The van der Waals surface area contributed by atoms with Crippen LogP contribution in [0, 0.1) is 5.92 Å². The summed E-state index contributed by atoms with van der Waals surface area (Å²) in [5.41, 5.74) is 1.03. The number of thiophene rings is 1. The topological polar surface area (TPSA) is 70.6 Å². The first-order valence-corrected chi connectivity index (χ1v) is 10.5. The molecule has 0 unspecified atom stereocenters. The van der Waals surface area contributed by atoms with E-state index in [0.29, 0.717) is 36.7 Å². The van der Waals surface area contributed by atoms with Gasteiger partial charge in [0.2, 0.25) is 5.91 Å². The molecule has 3 rings (SSSR count). The van der Waals surface area contributed by atoms with Crippen LogP contribution in [0.5, 0.6) is 0 Å². The van der Waals surface area contributed by atoms with Crippen molar-refractivity contribution in [2.45, 2.75) is 23.6 Å².